The molecule has 0 aliphatic carbocycles. The molecule has 0 radical (unpaired) electrons. The molecular weight excluding hydrogens is 561 g/mol. The Morgan fingerprint density at radius 1 is 0.356 bits per heavy atom. The Hall–Kier alpha value is -6.00. The first-order chi connectivity index (χ1) is 22.3. The van der Waals surface area contributed by atoms with Gasteiger partial charge in [0, 0.05) is 0 Å². The lowest BCUT2D eigenvalue weighted by molar-refractivity contribution is 1.46. The third-order valence-corrected chi connectivity index (χ3v) is 13.6. The van der Waals surface area contributed by atoms with Crippen LogP contribution in [0, 0.1) is 22.7 Å². The van der Waals surface area contributed by atoms with Crippen molar-refractivity contribution in [1.82, 2.24) is 0 Å². The largest absolute Gasteiger partial charge is 0.192 e. The van der Waals surface area contributed by atoms with E-state index in [1.54, 1.807) is 0 Å². The second-order valence-electron chi connectivity index (χ2n) is 11.0. The molecule has 2 nitrogen and oxygen atoms in total. The third kappa shape index (κ3) is 4.55. The van der Waals surface area contributed by atoms with E-state index in [-0.39, 0.29) is 0 Å². The third-order valence-electron chi connectivity index (χ3n) is 8.67. The molecule has 0 bridgehead atoms. The minimum atomic E-state index is -3.26. The Bertz CT molecular complexity index is 1990. The van der Waals surface area contributed by atoms with Crippen LogP contribution in [0.2, 0.25) is 0 Å². The van der Waals surface area contributed by atoms with Gasteiger partial charge >= 0.3 is 0 Å². The number of benzene rings is 6. The lowest BCUT2D eigenvalue weighted by Crippen LogP contribution is -2.59. The van der Waals surface area contributed by atoms with Crippen molar-refractivity contribution in [2.24, 2.45) is 0 Å². The summed E-state index contributed by atoms with van der Waals surface area (Å²) in [5, 5.41) is 25.9. The highest BCUT2D eigenvalue weighted by atomic mass is 28.3. The minimum Gasteiger partial charge on any atom is -0.192 e. The topological polar surface area (TPSA) is 47.6 Å². The van der Waals surface area contributed by atoms with Gasteiger partial charge < -0.3 is 0 Å². The molecule has 0 N–H and O–H groups in total. The maximum absolute atomic E-state index is 10.6. The zero-order chi connectivity index (χ0) is 30.6. The van der Waals surface area contributed by atoms with E-state index in [1.165, 1.54) is 10.4 Å². The molecule has 0 unspecified atom stereocenters. The highest BCUT2D eigenvalue weighted by molar-refractivity contribution is 7.29. The van der Waals surface area contributed by atoms with Gasteiger partial charge in [0.25, 0.3) is 0 Å². The smallest absolute Gasteiger partial charge is 0.182 e. The molecule has 1 heterocycles. The molecule has 0 fully saturated rings. The van der Waals surface area contributed by atoms with E-state index in [1.807, 2.05) is 48.5 Å². The number of allylic oxidation sites excluding steroid dienone is 2. The van der Waals surface area contributed by atoms with Crippen molar-refractivity contribution < 1.29 is 0 Å². The molecule has 1 aliphatic heterocycles. The van der Waals surface area contributed by atoms with Crippen LogP contribution >= 0.6 is 0 Å². The second kappa shape index (κ2) is 11.9. The monoisotopic (exact) mass is 588 g/mol. The second-order valence-corrected chi connectivity index (χ2v) is 14.7. The van der Waals surface area contributed by atoms with Crippen LogP contribution in [0.3, 0.4) is 0 Å². The number of nitriles is 2. The number of rotatable bonds is 6. The fourth-order valence-electron chi connectivity index (χ4n) is 6.93. The molecule has 6 aromatic rings. The Morgan fingerprint density at radius 3 is 1.02 bits per heavy atom. The van der Waals surface area contributed by atoms with Gasteiger partial charge in [-0.1, -0.05) is 158 Å². The van der Waals surface area contributed by atoms with E-state index in [2.05, 4.69) is 133 Å². The maximum Gasteiger partial charge on any atom is 0.182 e. The van der Waals surface area contributed by atoms with Gasteiger partial charge in [-0.25, -0.2) is 0 Å². The van der Waals surface area contributed by atoms with Crippen LogP contribution in [0.5, 0.6) is 0 Å². The summed E-state index contributed by atoms with van der Waals surface area (Å²) >= 11 is 0. The molecule has 6 aromatic carbocycles. The average molecular weight is 589 g/mol. The molecule has 0 saturated heterocycles. The summed E-state index contributed by atoms with van der Waals surface area (Å²) in [6, 6.07) is 63.6. The first-order valence-corrected chi connectivity index (χ1v) is 17.0. The van der Waals surface area contributed by atoms with Gasteiger partial charge in [0.1, 0.15) is 0 Å². The van der Waals surface area contributed by atoms with Crippen molar-refractivity contribution in [3.8, 4) is 12.1 Å². The first kappa shape index (κ1) is 27.8. The first-order valence-electron chi connectivity index (χ1n) is 15.0. The summed E-state index contributed by atoms with van der Waals surface area (Å²) in [5.41, 5.74) is 7.48. The van der Waals surface area contributed by atoms with Gasteiger partial charge in [-0.2, -0.15) is 10.5 Å². The van der Waals surface area contributed by atoms with Crippen molar-refractivity contribution in [2.75, 3.05) is 0 Å². The molecule has 3 heteroatoms. The van der Waals surface area contributed by atoms with Crippen LogP contribution in [0.15, 0.2) is 170 Å². The standard InChI is InChI=1S/C42H28N2Si/c43-29-33-21-13-15-27-37(33)41-39(31-17-5-1-6-18-31)40(32-19-7-2-8-20-32)42(38-28-16-14-22-34(38)30-44)45(41,35-23-9-3-10-24-35)36-25-11-4-12-26-36/h1-28H. The van der Waals surface area contributed by atoms with Crippen molar-refractivity contribution in [1.29, 1.82) is 10.5 Å². The number of hydrogen-bond acceptors (Lipinski definition) is 2. The lowest BCUT2D eigenvalue weighted by Gasteiger charge is -2.36. The molecule has 210 valence electrons. The van der Waals surface area contributed by atoms with Crippen LogP contribution in [-0.4, -0.2) is 8.07 Å². The van der Waals surface area contributed by atoms with Gasteiger partial charge in [0.15, 0.2) is 8.07 Å². The molecule has 0 aromatic heterocycles. The average Bonchev–Trinajstić information content (AvgIpc) is 3.45. The fraction of sp³-hybridized carbons (Fsp3) is 0. The normalized spacial score (nSPS) is 13.7. The quantitative estimate of drug-likeness (QED) is 0.184. The minimum absolute atomic E-state index is 0.631. The van der Waals surface area contributed by atoms with E-state index in [0.29, 0.717) is 11.1 Å². The zero-order valence-electron chi connectivity index (χ0n) is 24.6. The van der Waals surface area contributed by atoms with E-state index in [9.17, 15) is 10.5 Å². The summed E-state index contributed by atoms with van der Waals surface area (Å²) in [6.07, 6.45) is 0. The highest BCUT2D eigenvalue weighted by Gasteiger charge is 2.54. The van der Waals surface area contributed by atoms with Gasteiger partial charge in [0.2, 0.25) is 0 Å². The molecular formula is C42H28N2Si. The predicted molar refractivity (Wildman–Crippen MR) is 187 cm³/mol. The Morgan fingerprint density at radius 2 is 0.667 bits per heavy atom. The van der Waals surface area contributed by atoms with Crippen LogP contribution in [-0.2, 0) is 0 Å². The SMILES string of the molecule is N#Cc1ccccc1C1=C(c2ccccc2)C(c2ccccc2)=C(c2ccccc2C#N)[Si]1(c1ccccc1)c1ccccc1. The summed E-state index contributed by atoms with van der Waals surface area (Å²) in [6.45, 7) is 0. The van der Waals surface area contributed by atoms with Crippen molar-refractivity contribution >= 4 is 40.0 Å². The Kier molecular flexibility index (Phi) is 7.38. The van der Waals surface area contributed by atoms with Crippen LogP contribution in [0.1, 0.15) is 33.4 Å². The van der Waals surface area contributed by atoms with Crippen LogP contribution in [0.4, 0.5) is 0 Å². The molecule has 7 rings (SSSR count). The molecule has 1 aliphatic rings. The van der Waals surface area contributed by atoms with Crippen LogP contribution in [0.25, 0.3) is 21.5 Å². The molecule has 0 atom stereocenters. The molecule has 45 heavy (non-hydrogen) atoms. The lowest BCUT2D eigenvalue weighted by atomic mass is 9.88. The molecule has 0 spiro atoms. The maximum atomic E-state index is 10.6. The van der Waals surface area contributed by atoms with Crippen molar-refractivity contribution in [3.63, 3.8) is 0 Å². The summed E-state index contributed by atoms with van der Waals surface area (Å²) in [4.78, 5) is 0. The van der Waals surface area contributed by atoms with E-state index < -0.39 is 8.07 Å². The highest BCUT2D eigenvalue weighted by Crippen LogP contribution is 2.56. The van der Waals surface area contributed by atoms with Crippen molar-refractivity contribution in [2.45, 2.75) is 0 Å². The van der Waals surface area contributed by atoms with Gasteiger partial charge in [-0.05, 0) is 66.3 Å². The summed E-state index contributed by atoms with van der Waals surface area (Å²) < 4.78 is 0. The van der Waals surface area contributed by atoms with E-state index in [4.69, 9.17) is 0 Å². The summed E-state index contributed by atoms with van der Waals surface area (Å²) in [7, 11) is -3.26. The molecule has 0 saturated carbocycles. The zero-order valence-corrected chi connectivity index (χ0v) is 25.6. The van der Waals surface area contributed by atoms with Crippen molar-refractivity contribution in [3.05, 3.63) is 203 Å². The Balaban J connectivity index is 1.83. The van der Waals surface area contributed by atoms with Gasteiger partial charge in [-0.15, -0.1) is 0 Å². The van der Waals surface area contributed by atoms with E-state index >= 15 is 0 Å². The summed E-state index contributed by atoms with van der Waals surface area (Å²) in [5.74, 6) is 0. The fourth-order valence-corrected chi connectivity index (χ4v) is 12.6. The number of hydrogen-bond donors (Lipinski definition) is 0. The van der Waals surface area contributed by atoms with Gasteiger partial charge in [-0.3, -0.25) is 0 Å². The number of nitrogens with zero attached hydrogens (tertiary/aromatic N) is 2. The molecule has 0 amide bonds. The predicted octanol–water partition coefficient (Wildman–Crippen LogP) is 8.31. The Labute approximate surface area is 265 Å². The van der Waals surface area contributed by atoms with E-state index in [0.717, 1.165) is 43.8 Å². The van der Waals surface area contributed by atoms with Gasteiger partial charge in [0.05, 0.1) is 23.3 Å². The van der Waals surface area contributed by atoms with Crippen LogP contribution < -0.4 is 10.4 Å².